The standard InChI is InChI=1S/C20H28ClN3O3/c1-12(2)8-14(6-7-15(25)10-20(3,4)5)24-16(18(26)27)9-13-11-22-19(21)23-17(13)24/h9,11-12,14H,6-8,10H2,1-5H3,(H,26,27)/t14-/m1/s1. The molecule has 148 valence electrons. The molecule has 0 bridgehead atoms. The Labute approximate surface area is 165 Å². The van der Waals surface area contributed by atoms with Crippen LogP contribution in [0, 0.1) is 11.3 Å². The second-order valence-electron chi connectivity index (χ2n) is 8.72. The van der Waals surface area contributed by atoms with Crippen molar-refractivity contribution in [2.75, 3.05) is 0 Å². The van der Waals surface area contributed by atoms with Gasteiger partial charge < -0.3 is 9.67 Å². The number of carbonyl (C=O) groups excluding carboxylic acids is 1. The van der Waals surface area contributed by atoms with E-state index in [-0.39, 0.29) is 28.2 Å². The average Bonchev–Trinajstić information content (AvgIpc) is 2.88. The van der Waals surface area contributed by atoms with E-state index in [4.69, 9.17) is 11.6 Å². The Morgan fingerprint density at radius 1 is 1.30 bits per heavy atom. The van der Waals surface area contributed by atoms with Crippen LogP contribution in [-0.4, -0.2) is 31.4 Å². The van der Waals surface area contributed by atoms with E-state index in [2.05, 4.69) is 23.8 Å². The molecule has 1 N–H and O–H groups in total. The quantitative estimate of drug-likeness (QED) is 0.626. The van der Waals surface area contributed by atoms with Gasteiger partial charge in [0, 0.05) is 30.5 Å². The molecule has 0 aliphatic rings. The van der Waals surface area contributed by atoms with Crippen LogP contribution in [0.25, 0.3) is 11.0 Å². The molecule has 0 aromatic carbocycles. The zero-order valence-corrected chi connectivity index (χ0v) is 17.4. The number of carbonyl (C=O) groups is 2. The number of Topliss-reactive ketones (excluding diaryl/α,β-unsaturated/α-hetero) is 1. The first kappa shape index (κ1) is 21.4. The molecule has 2 rings (SSSR count). The first-order valence-corrected chi connectivity index (χ1v) is 9.64. The zero-order valence-electron chi connectivity index (χ0n) is 16.6. The Morgan fingerprint density at radius 3 is 2.52 bits per heavy atom. The molecular formula is C20H28ClN3O3. The van der Waals surface area contributed by atoms with Crippen LogP contribution < -0.4 is 0 Å². The Balaban J connectivity index is 2.41. The van der Waals surface area contributed by atoms with E-state index >= 15 is 0 Å². The maximum Gasteiger partial charge on any atom is 0.352 e. The van der Waals surface area contributed by atoms with Crippen molar-refractivity contribution in [1.29, 1.82) is 0 Å². The molecular weight excluding hydrogens is 366 g/mol. The Hall–Kier alpha value is -1.95. The lowest BCUT2D eigenvalue weighted by Gasteiger charge is -2.24. The van der Waals surface area contributed by atoms with Gasteiger partial charge in [-0.05, 0) is 41.8 Å². The average molecular weight is 394 g/mol. The minimum atomic E-state index is -1.03. The van der Waals surface area contributed by atoms with Gasteiger partial charge in [0.1, 0.15) is 17.1 Å². The second-order valence-corrected chi connectivity index (χ2v) is 9.06. The number of nitrogens with zero attached hydrogens (tertiary/aromatic N) is 3. The van der Waals surface area contributed by atoms with Crippen LogP contribution in [0.5, 0.6) is 0 Å². The zero-order chi connectivity index (χ0) is 20.4. The normalized spacial score (nSPS) is 13.3. The molecule has 0 amide bonds. The van der Waals surface area contributed by atoms with Crippen LogP contribution in [0.1, 0.15) is 76.8 Å². The topological polar surface area (TPSA) is 85.1 Å². The monoisotopic (exact) mass is 393 g/mol. The number of ketones is 1. The maximum atomic E-state index is 12.4. The van der Waals surface area contributed by atoms with Gasteiger partial charge in [0.2, 0.25) is 5.28 Å². The fourth-order valence-corrected chi connectivity index (χ4v) is 3.55. The number of halogens is 1. The van der Waals surface area contributed by atoms with Crippen LogP contribution in [0.4, 0.5) is 0 Å². The summed E-state index contributed by atoms with van der Waals surface area (Å²) in [6.45, 7) is 10.3. The minimum absolute atomic E-state index is 0.0578. The summed E-state index contributed by atoms with van der Waals surface area (Å²) in [5.74, 6) is -0.500. The number of aromatic carboxylic acids is 1. The second kappa shape index (κ2) is 8.38. The molecule has 2 aromatic rings. The fourth-order valence-electron chi connectivity index (χ4n) is 3.43. The van der Waals surface area contributed by atoms with E-state index in [1.54, 1.807) is 10.6 Å². The number of aromatic nitrogens is 3. The van der Waals surface area contributed by atoms with E-state index in [0.29, 0.717) is 36.2 Å². The van der Waals surface area contributed by atoms with Gasteiger partial charge in [0.05, 0.1) is 0 Å². The summed E-state index contributed by atoms with van der Waals surface area (Å²) in [5, 5.41) is 10.4. The molecule has 7 heteroatoms. The molecule has 0 fully saturated rings. The number of hydrogen-bond donors (Lipinski definition) is 1. The highest BCUT2D eigenvalue weighted by atomic mass is 35.5. The minimum Gasteiger partial charge on any atom is -0.477 e. The molecule has 0 saturated carbocycles. The summed E-state index contributed by atoms with van der Waals surface area (Å²) >= 11 is 5.95. The van der Waals surface area contributed by atoms with Crippen molar-refractivity contribution in [3.05, 3.63) is 23.2 Å². The Bertz CT molecular complexity index is 837. The predicted octanol–water partition coefficient (Wildman–Crippen LogP) is 5.16. The third-order valence-electron chi connectivity index (χ3n) is 4.36. The molecule has 0 saturated heterocycles. The third kappa shape index (κ3) is 5.76. The molecule has 0 aliphatic carbocycles. The third-order valence-corrected chi connectivity index (χ3v) is 4.54. The van der Waals surface area contributed by atoms with Gasteiger partial charge >= 0.3 is 5.97 Å². The van der Waals surface area contributed by atoms with E-state index < -0.39 is 5.97 Å². The lowest BCUT2D eigenvalue weighted by Crippen LogP contribution is -2.20. The predicted molar refractivity (Wildman–Crippen MR) is 106 cm³/mol. The summed E-state index contributed by atoms with van der Waals surface area (Å²) in [5.41, 5.74) is 0.592. The molecule has 6 nitrogen and oxygen atoms in total. The molecule has 0 aliphatic heterocycles. The highest BCUT2D eigenvalue weighted by Gasteiger charge is 2.25. The van der Waals surface area contributed by atoms with E-state index in [0.717, 1.165) is 6.42 Å². The molecule has 1 atom stereocenters. The van der Waals surface area contributed by atoms with E-state index in [1.165, 1.54) is 6.20 Å². The van der Waals surface area contributed by atoms with Gasteiger partial charge in [-0.1, -0.05) is 34.6 Å². The first-order chi connectivity index (χ1) is 12.5. The summed E-state index contributed by atoms with van der Waals surface area (Å²) in [7, 11) is 0. The molecule has 0 spiro atoms. The number of carboxylic acid groups (broad SMARTS) is 1. The van der Waals surface area contributed by atoms with E-state index in [1.807, 2.05) is 20.8 Å². The molecule has 2 aromatic heterocycles. The molecule has 2 heterocycles. The molecule has 0 radical (unpaired) electrons. The first-order valence-electron chi connectivity index (χ1n) is 9.26. The summed E-state index contributed by atoms with van der Waals surface area (Å²) in [4.78, 5) is 32.4. The van der Waals surface area contributed by atoms with Crippen LogP contribution in [-0.2, 0) is 4.79 Å². The molecule has 27 heavy (non-hydrogen) atoms. The van der Waals surface area contributed by atoms with Crippen molar-refractivity contribution in [3.8, 4) is 0 Å². The van der Waals surface area contributed by atoms with Crippen LogP contribution in [0.15, 0.2) is 12.3 Å². The van der Waals surface area contributed by atoms with Gasteiger partial charge in [-0.3, -0.25) is 4.79 Å². The van der Waals surface area contributed by atoms with Crippen molar-refractivity contribution in [3.63, 3.8) is 0 Å². The maximum absolute atomic E-state index is 12.4. The highest BCUT2D eigenvalue weighted by Crippen LogP contribution is 2.31. The summed E-state index contributed by atoms with van der Waals surface area (Å²) in [6.07, 6.45) is 3.76. The van der Waals surface area contributed by atoms with Crippen LogP contribution in [0.3, 0.4) is 0 Å². The van der Waals surface area contributed by atoms with Crippen LogP contribution in [0.2, 0.25) is 5.28 Å². The summed E-state index contributed by atoms with van der Waals surface area (Å²) < 4.78 is 1.72. The SMILES string of the molecule is CC(C)C[C@@H](CCC(=O)CC(C)(C)C)n1c(C(=O)O)cc2cnc(Cl)nc21. The number of carboxylic acids is 1. The van der Waals surface area contributed by atoms with Gasteiger partial charge in [0.25, 0.3) is 0 Å². The van der Waals surface area contributed by atoms with Gasteiger partial charge in [0.15, 0.2) is 0 Å². The van der Waals surface area contributed by atoms with E-state index in [9.17, 15) is 14.7 Å². The van der Waals surface area contributed by atoms with Crippen molar-refractivity contribution < 1.29 is 14.7 Å². The van der Waals surface area contributed by atoms with Crippen molar-refractivity contribution in [2.24, 2.45) is 11.3 Å². The largest absolute Gasteiger partial charge is 0.477 e. The van der Waals surface area contributed by atoms with Gasteiger partial charge in [-0.25, -0.2) is 9.78 Å². The lowest BCUT2D eigenvalue weighted by molar-refractivity contribution is -0.121. The van der Waals surface area contributed by atoms with Gasteiger partial charge in [-0.15, -0.1) is 0 Å². The molecule has 0 unspecified atom stereocenters. The van der Waals surface area contributed by atoms with Gasteiger partial charge in [-0.2, -0.15) is 4.98 Å². The fraction of sp³-hybridized carbons (Fsp3) is 0.600. The highest BCUT2D eigenvalue weighted by molar-refractivity contribution is 6.28. The number of fused-ring (bicyclic) bond motifs is 1. The Kier molecular flexibility index (Phi) is 6.63. The van der Waals surface area contributed by atoms with Crippen LogP contribution >= 0.6 is 11.6 Å². The van der Waals surface area contributed by atoms with Crippen molar-refractivity contribution in [1.82, 2.24) is 14.5 Å². The summed E-state index contributed by atoms with van der Waals surface area (Å²) in [6, 6.07) is 1.42. The lowest BCUT2D eigenvalue weighted by atomic mass is 9.87. The van der Waals surface area contributed by atoms with Crippen molar-refractivity contribution >= 4 is 34.4 Å². The number of hydrogen-bond acceptors (Lipinski definition) is 4. The smallest absolute Gasteiger partial charge is 0.352 e. The number of rotatable bonds is 8. The Morgan fingerprint density at radius 2 is 1.96 bits per heavy atom. The van der Waals surface area contributed by atoms with Crippen molar-refractivity contribution in [2.45, 2.75) is 66.3 Å².